The van der Waals surface area contributed by atoms with Crippen LogP contribution in [0, 0.1) is 19.7 Å². The molecule has 21 heavy (non-hydrogen) atoms. The fraction of sp³-hybridized carbons (Fsp3) is 0.438. The maximum atomic E-state index is 14.0. The summed E-state index contributed by atoms with van der Waals surface area (Å²) >= 11 is 0. The molecule has 3 rings (SSSR count). The standard InChI is InChI=1S/C16H21FN4/c1-10-13(11(2)20(3)19-10)8-21-9-14-12(16(21)7-18)5-4-6-15(14)17/h4-6,16H,7-9,18H2,1-3H3. The minimum atomic E-state index is -0.131. The zero-order valence-corrected chi connectivity index (χ0v) is 12.7. The smallest absolute Gasteiger partial charge is 0.128 e. The largest absolute Gasteiger partial charge is 0.329 e. The Morgan fingerprint density at radius 3 is 2.76 bits per heavy atom. The number of aromatic nitrogens is 2. The second kappa shape index (κ2) is 5.24. The van der Waals surface area contributed by atoms with Crippen LogP contribution in [0.5, 0.6) is 0 Å². The number of benzene rings is 1. The van der Waals surface area contributed by atoms with E-state index >= 15 is 0 Å². The van der Waals surface area contributed by atoms with E-state index in [-0.39, 0.29) is 11.9 Å². The van der Waals surface area contributed by atoms with Gasteiger partial charge in [0.15, 0.2) is 0 Å². The first-order valence-corrected chi connectivity index (χ1v) is 7.23. The van der Waals surface area contributed by atoms with Gasteiger partial charge in [0, 0.05) is 49.5 Å². The Hall–Kier alpha value is -1.72. The van der Waals surface area contributed by atoms with Crippen molar-refractivity contribution in [3.05, 3.63) is 52.1 Å². The van der Waals surface area contributed by atoms with Gasteiger partial charge in [-0.05, 0) is 25.5 Å². The Balaban J connectivity index is 1.93. The molecule has 0 radical (unpaired) electrons. The number of fused-ring (bicyclic) bond motifs is 1. The van der Waals surface area contributed by atoms with Gasteiger partial charge in [-0.2, -0.15) is 5.10 Å². The number of nitrogens with zero attached hydrogens (tertiary/aromatic N) is 3. The van der Waals surface area contributed by atoms with Gasteiger partial charge in [0.2, 0.25) is 0 Å². The second-order valence-electron chi connectivity index (χ2n) is 5.74. The summed E-state index contributed by atoms with van der Waals surface area (Å²) in [6.07, 6.45) is 0. The predicted octanol–water partition coefficient (Wildman–Crippen LogP) is 2.19. The van der Waals surface area contributed by atoms with Crippen molar-refractivity contribution in [2.45, 2.75) is 33.0 Å². The first kappa shape index (κ1) is 14.2. The fourth-order valence-electron chi connectivity index (χ4n) is 3.26. The third-order valence-electron chi connectivity index (χ3n) is 4.56. The number of hydrogen-bond acceptors (Lipinski definition) is 3. The van der Waals surface area contributed by atoms with E-state index in [2.05, 4.69) is 16.9 Å². The molecule has 2 heterocycles. The van der Waals surface area contributed by atoms with Gasteiger partial charge in [-0.3, -0.25) is 9.58 Å². The Morgan fingerprint density at radius 2 is 2.14 bits per heavy atom. The summed E-state index contributed by atoms with van der Waals surface area (Å²) in [5.74, 6) is -0.131. The Labute approximate surface area is 124 Å². The molecule has 0 amide bonds. The van der Waals surface area contributed by atoms with E-state index < -0.39 is 0 Å². The number of aryl methyl sites for hydroxylation is 2. The lowest BCUT2D eigenvalue weighted by Gasteiger charge is -2.24. The minimum absolute atomic E-state index is 0.0784. The summed E-state index contributed by atoms with van der Waals surface area (Å²) in [5.41, 5.74) is 11.1. The predicted molar refractivity (Wildman–Crippen MR) is 80.1 cm³/mol. The average molecular weight is 288 g/mol. The van der Waals surface area contributed by atoms with E-state index in [4.69, 9.17) is 5.73 Å². The highest BCUT2D eigenvalue weighted by Gasteiger charge is 2.31. The van der Waals surface area contributed by atoms with Crippen LogP contribution in [-0.4, -0.2) is 21.2 Å². The summed E-state index contributed by atoms with van der Waals surface area (Å²) in [5, 5.41) is 4.45. The SMILES string of the molecule is Cc1nn(C)c(C)c1CN1Cc2c(F)cccc2C1CN. The van der Waals surface area contributed by atoms with Crippen LogP contribution in [0.4, 0.5) is 4.39 Å². The lowest BCUT2D eigenvalue weighted by atomic mass is 10.0. The summed E-state index contributed by atoms with van der Waals surface area (Å²) in [7, 11) is 1.95. The van der Waals surface area contributed by atoms with Crippen LogP contribution in [0.15, 0.2) is 18.2 Å². The van der Waals surface area contributed by atoms with Crippen LogP contribution in [0.1, 0.15) is 34.1 Å². The quantitative estimate of drug-likeness (QED) is 0.942. The van der Waals surface area contributed by atoms with Crippen molar-refractivity contribution in [2.24, 2.45) is 12.8 Å². The zero-order chi connectivity index (χ0) is 15.1. The molecule has 0 fully saturated rings. The first-order valence-electron chi connectivity index (χ1n) is 7.23. The van der Waals surface area contributed by atoms with E-state index in [0.717, 1.165) is 29.1 Å². The van der Waals surface area contributed by atoms with E-state index in [1.54, 1.807) is 6.07 Å². The number of hydrogen-bond donors (Lipinski definition) is 1. The monoisotopic (exact) mass is 288 g/mol. The number of nitrogens with two attached hydrogens (primary N) is 1. The highest BCUT2D eigenvalue weighted by atomic mass is 19.1. The van der Waals surface area contributed by atoms with Crippen molar-refractivity contribution in [3.8, 4) is 0 Å². The molecular formula is C16H21FN4. The van der Waals surface area contributed by atoms with Crippen molar-refractivity contribution in [1.82, 2.24) is 14.7 Å². The van der Waals surface area contributed by atoms with E-state index in [9.17, 15) is 4.39 Å². The lowest BCUT2D eigenvalue weighted by Crippen LogP contribution is -2.28. The molecule has 1 aromatic carbocycles. The van der Waals surface area contributed by atoms with Crippen LogP contribution in [0.25, 0.3) is 0 Å². The molecular weight excluding hydrogens is 267 g/mol. The molecule has 0 aliphatic carbocycles. The van der Waals surface area contributed by atoms with Crippen molar-refractivity contribution in [1.29, 1.82) is 0 Å². The van der Waals surface area contributed by atoms with E-state index in [0.29, 0.717) is 13.1 Å². The molecule has 4 nitrogen and oxygen atoms in total. The molecule has 2 aromatic rings. The van der Waals surface area contributed by atoms with Crippen LogP contribution in [-0.2, 0) is 20.1 Å². The molecule has 1 aliphatic rings. The lowest BCUT2D eigenvalue weighted by molar-refractivity contribution is 0.209. The molecule has 0 spiro atoms. The van der Waals surface area contributed by atoms with Crippen molar-refractivity contribution >= 4 is 0 Å². The first-order chi connectivity index (χ1) is 10.0. The molecule has 1 aliphatic heterocycles. The highest BCUT2D eigenvalue weighted by Crippen LogP contribution is 2.36. The Kier molecular flexibility index (Phi) is 3.55. The van der Waals surface area contributed by atoms with Crippen molar-refractivity contribution in [3.63, 3.8) is 0 Å². The second-order valence-corrected chi connectivity index (χ2v) is 5.74. The Bertz CT molecular complexity index is 677. The van der Waals surface area contributed by atoms with Gasteiger partial charge in [-0.25, -0.2) is 4.39 Å². The molecule has 112 valence electrons. The molecule has 1 unspecified atom stereocenters. The van der Waals surface area contributed by atoms with Crippen LogP contribution in [0.3, 0.4) is 0 Å². The summed E-state index contributed by atoms with van der Waals surface area (Å²) in [4.78, 5) is 2.24. The van der Waals surface area contributed by atoms with Crippen LogP contribution in [0.2, 0.25) is 0 Å². The maximum Gasteiger partial charge on any atom is 0.128 e. The molecule has 1 atom stereocenters. The summed E-state index contributed by atoms with van der Waals surface area (Å²) < 4.78 is 15.9. The molecule has 1 aromatic heterocycles. The van der Waals surface area contributed by atoms with Gasteiger partial charge < -0.3 is 5.73 Å². The highest BCUT2D eigenvalue weighted by molar-refractivity contribution is 5.36. The average Bonchev–Trinajstić information content (AvgIpc) is 2.92. The van der Waals surface area contributed by atoms with Crippen molar-refractivity contribution < 1.29 is 4.39 Å². The van der Waals surface area contributed by atoms with Gasteiger partial charge >= 0.3 is 0 Å². The normalized spacial score (nSPS) is 18.2. The van der Waals surface area contributed by atoms with Crippen LogP contribution < -0.4 is 5.73 Å². The Morgan fingerprint density at radius 1 is 1.38 bits per heavy atom. The van der Waals surface area contributed by atoms with Crippen molar-refractivity contribution in [2.75, 3.05) is 6.54 Å². The molecule has 0 saturated carbocycles. The summed E-state index contributed by atoms with van der Waals surface area (Å²) in [6, 6.07) is 5.35. The molecule has 0 saturated heterocycles. The third kappa shape index (κ3) is 2.26. The van der Waals surface area contributed by atoms with Crippen LogP contribution >= 0.6 is 0 Å². The van der Waals surface area contributed by atoms with Gasteiger partial charge in [-0.1, -0.05) is 12.1 Å². The maximum absolute atomic E-state index is 14.0. The molecule has 2 N–H and O–H groups in total. The fourth-order valence-corrected chi connectivity index (χ4v) is 3.26. The van der Waals surface area contributed by atoms with E-state index in [1.807, 2.05) is 24.7 Å². The molecule has 5 heteroatoms. The number of halogens is 1. The van der Waals surface area contributed by atoms with Gasteiger partial charge in [-0.15, -0.1) is 0 Å². The summed E-state index contributed by atoms with van der Waals surface area (Å²) in [6.45, 7) is 5.94. The third-order valence-corrected chi connectivity index (χ3v) is 4.56. The zero-order valence-electron chi connectivity index (χ0n) is 12.7. The van der Waals surface area contributed by atoms with E-state index in [1.165, 1.54) is 11.6 Å². The minimum Gasteiger partial charge on any atom is -0.329 e. The van der Waals surface area contributed by atoms with Gasteiger partial charge in [0.1, 0.15) is 5.82 Å². The topological polar surface area (TPSA) is 47.1 Å². The van der Waals surface area contributed by atoms with Gasteiger partial charge in [0.25, 0.3) is 0 Å². The number of rotatable bonds is 3. The van der Waals surface area contributed by atoms with Gasteiger partial charge in [0.05, 0.1) is 5.69 Å². The molecule has 0 bridgehead atoms.